The molecule has 2 radical (unpaired) electrons. The van der Waals surface area contributed by atoms with Crippen molar-refractivity contribution in [3.05, 3.63) is 12.3 Å². The molecule has 186 valence electrons. The second kappa shape index (κ2) is 21.1. The molecule has 0 bridgehead atoms. The van der Waals surface area contributed by atoms with Gasteiger partial charge in [0.15, 0.2) is 0 Å². The summed E-state index contributed by atoms with van der Waals surface area (Å²) >= 11 is 0. The summed E-state index contributed by atoms with van der Waals surface area (Å²) in [5, 5.41) is 12.1. The smallest absolute Gasteiger partial charge is 0.236 e. The molecule has 1 heterocycles. The number of carbonyl (C=O) groups is 2. The van der Waals surface area contributed by atoms with E-state index in [2.05, 4.69) is 17.1 Å². The number of Topliss-reactive ketones (excluding diaryl/α,β-unsaturated/α-hetero) is 1. The van der Waals surface area contributed by atoms with Crippen LogP contribution in [-0.2, 0) is 14.3 Å². The van der Waals surface area contributed by atoms with Crippen molar-refractivity contribution in [1.82, 2.24) is 5.43 Å². The highest BCUT2D eigenvalue weighted by atomic mass is 16.5. The zero-order valence-electron chi connectivity index (χ0n) is 20.6. The lowest BCUT2D eigenvalue weighted by Gasteiger charge is -2.10. The molecule has 0 spiro atoms. The van der Waals surface area contributed by atoms with Gasteiger partial charge in [0.25, 0.3) is 0 Å². The van der Waals surface area contributed by atoms with Gasteiger partial charge in [-0.15, -0.1) is 0 Å². The average Bonchev–Trinajstić information content (AvgIpc) is 3.02. The average molecular weight is 456 g/mol. The lowest BCUT2D eigenvalue weighted by molar-refractivity contribution is -0.119. The highest BCUT2D eigenvalue weighted by molar-refractivity contribution is 6.11. The molecule has 10 nitrogen and oxygen atoms in total. The predicted molar refractivity (Wildman–Crippen MR) is 132 cm³/mol. The second-order valence-corrected chi connectivity index (χ2v) is 7.44. The van der Waals surface area contributed by atoms with E-state index >= 15 is 0 Å². The van der Waals surface area contributed by atoms with Crippen molar-refractivity contribution in [2.45, 2.75) is 104 Å². The third-order valence-corrected chi connectivity index (χ3v) is 4.25. The number of ether oxygens (including phenoxy) is 1. The van der Waals surface area contributed by atoms with Crippen LogP contribution in [0.4, 0.5) is 0 Å². The van der Waals surface area contributed by atoms with Crippen molar-refractivity contribution in [3.8, 4) is 0 Å². The van der Waals surface area contributed by atoms with Gasteiger partial charge < -0.3 is 32.8 Å². The van der Waals surface area contributed by atoms with Crippen molar-refractivity contribution in [1.29, 1.82) is 0 Å². The number of nitrogens with one attached hydrogen (secondary N) is 1. The summed E-state index contributed by atoms with van der Waals surface area (Å²) in [4.78, 5) is 20.5. The first-order valence-electron chi connectivity index (χ1n) is 10.8. The first kappa shape index (κ1) is 34.8. The highest BCUT2D eigenvalue weighted by Gasteiger charge is 2.23. The zero-order chi connectivity index (χ0) is 25.9. The minimum Gasteiger partial charge on any atom is -0.494 e. The van der Waals surface area contributed by atoms with E-state index < -0.39 is 6.00 Å². The number of carbonyl (C=O) groups excluding carboxylic acids is 2. The van der Waals surface area contributed by atoms with Crippen molar-refractivity contribution >= 4 is 25.8 Å². The Morgan fingerprint density at radius 3 is 1.94 bits per heavy atom. The van der Waals surface area contributed by atoms with Crippen LogP contribution >= 0.6 is 0 Å². The van der Waals surface area contributed by atoms with Gasteiger partial charge >= 0.3 is 0 Å². The SMILES string of the molecule is C=C1CC(N)C(C)O1.CCC(N)/C=N/NC(C)=O.CCC(N)C(C)=O.[B]C(O)C(N)CC. The topological polar surface area (TPSA) is 192 Å². The van der Waals surface area contributed by atoms with Crippen LogP contribution in [0.2, 0.25) is 0 Å². The lowest BCUT2D eigenvalue weighted by atomic mass is 9.92. The summed E-state index contributed by atoms with van der Waals surface area (Å²) in [6.45, 7) is 14.2. The molecule has 1 fully saturated rings. The van der Waals surface area contributed by atoms with Gasteiger partial charge in [0.2, 0.25) is 5.91 Å². The van der Waals surface area contributed by atoms with Crippen LogP contribution < -0.4 is 28.4 Å². The molecule has 1 rings (SSSR count). The third-order valence-electron chi connectivity index (χ3n) is 4.25. The molecule has 6 atom stereocenters. The number of aliphatic hydroxyl groups excluding tert-OH is 1. The molecular formula is C21H45BN6O4. The number of hydrogen-bond donors (Lipinski definition) is 6. The quantitative estimate of drug-likeness (QED) is 0.175. The number of nitrogens with zero attached hydrogens (tertiary/aromatic N) is 1. The molecule has 0 aromatic carbocycles. The summed E-state index contributed by atoms with van der Waals surface area (Å²) in [7, 11) is 4.98. The van der Waals surface area contributed by atoms with Gasteiger partial charge in [0, 0.05) is 43.7 Å². The molecule has 0 saturated carbocycles. The Balaban J connectivity index is -0.000000355. The van der Waals surface area contributed by atoms with E-state index in [1.54, 1.807) is 0 Å². The van der Waals surface area contributed by atoms with Crippen molar-refractivity contribution < 1.29 is 19.4 Å². The molecule has 32 heavy (non-hydrogen) atoms. The lowest BCUT2D eigenvalue weighted by Crippen LogP contribution is -2.33. The van der Waals surface area contributed by atoms with Gasteiger partial charge in [-0.2, -0.15) is 5.10 Å². The number of aliphatic hydroxyl groups is 1. The Morgan fingerprint density at radius 1 is 1.25 bits per heavy atom. The maximum atomic E-state index is 10.2. The normalized spacial score (nSPS) is 20.7. The fraction of sp³-hybridized carbons (Fsp3) is 0.762. The number of ketones is 1. The number of amides is 1. The summed E-state index contributed by atoms with van der Waals surface area (Å²) in [5.74, 6) is 0.715. The summed E-state index contributed by atoms with van der Waals surface area (Å²) in [6, 6.07) is -1.25. The maximum Gasteiger partial charge on any atom is 0.236 e. The molecule has 1 aliphatic rings. The summed E-state index contributed by atoms with van der Waals surface area (Å²) in [5.41, 5.74) is 23.8. The van der Waals surface area contributed by atoms with E-state index in [-0.39, 0.29) is 42.0 Å². The Bertz CT molecular complexity index is 536. The van der Waals surface area contributed by atoms with Crippen LogP contribution in [0.5, 0.6) is 0 Å². The molecule has 0 aromatic rings. The Kier molecular flexibility index (Phi) is 22.9. The monoisotopic (exact) mass is 456 g/mol. The van der Waals surface area contributed by atoms with Gasteiger partial charge in [-0.25, -0.2) is 5.43 Å². The van der Waals surface area contributed by atoms with Gasteiger partial charge in [0.05, 0.1) is 11.8 Å². The Morgan fingerprint density at radius 2 is 1.78 bits per heavy atom. The van der Waals surface area contributed by atoms with Crippen molar-refractivity contribution in [2.75, 3.05) is 0 Å². The number of rotatable bonds is 7. The molecular weight excluding hydrogens is 411 g/mol. The standard InChI is InChI=1S/C6H13N3O.C6H11NO.C5H11NO.C4H10BNO/c1-3-6(7)4-8-9-5(2)10;1-4-3-6(7)5(2)8-4;1-3-5(6)4(2)7;1-2-3(6)4(5)7/h4,6H,3,7H2,1-2H3,(H,9,10);5-6H,1,3,7H2,2H3;5H,3,6H2,1-2H3;3-4,7H,2,6H2,1H3/b8-4+;;;. The largest absolute Gasteiger partial charge is 0.494 e. The maximum absolute atomic E-state index is 10.2. The number of hydrogen-bond acceptors (Lipinski definition) is 9. The van der Waals surface area contributed by atoms with E-state index in [0.29, 0.717) is 0 Å². The molecule has 10 N–H and O–H groups in total. The Labute approximate surface area is 195 Å². The molecule has 1 aliphatic heterocycles. The second-order valence-electron chi connectivity index (χ2n) is 7.44. The van der Waals surface area contributed by atoms with Gasteiger partial charge in [-0.3, -0.25) is 9.59 Å². The van der Waals surface area contributed by atoms with Crippen LogP contribution in [0.1, 0.15) is 67.2 Å². The molecule has 0 aliphatic carbocycles. The molecule has 0 aromatic heterocycles. The molecule has 6 unspecified atom stereocenters. The fourth-order valence-corrected chi connectivity index (χ4v) is 1.69. The van der Waals surface area contributed by atoms with E-state index in [0.717, 1.165) is 31.4 Å². The Hall–Kier alpha value is -1.79. The molecule has 11 heteroatoms. The first-order valence-corrected chi connectivity index (χ1v) is 10.8. The first-order chi connectivity index (χ1) is 14.7. The number of hydrazone groups is 1. The summed E-state index contributed by atoms with van der Waals surface area (Å²) in [6.07, 6.45) is 4.79. The minimum absolute atomic E-state index is 0.0631. The minimum atomic E-state index is -0.856. The number of nitrogens with two attached hydrogens (primary N) is 4. The van der Waals surface area contributed by atoms with Crippen LogP contribution in [0.15, 0.2) is 17.4 Å². The van der Waals surface area contributed by atoms with Crippen LogP contribution in [-0.4, -0.2) is 67.1 Å². The predicted octanol–water partition coefficient (Wildman–Crippen LogP) is 0.00510. The van der Waals surface area contributed by atoms with Crippen molar-refractivity contribution in [2.24, 2.45) is 28.0 Å². The third kappa shape index (κ3) is 22.9. The van der Waals surface area contributed by atoms with Gasteiger partial charge in [-0.05, 0) is 33.1 Å². The van der Waals surface area contributed by atoms with E-state index in [1.165, 1.54) is 20.1 Å². The van der Waals surface area contributed by atoms with Crippen LogP contribution in [0.25, 0.3) is 0 Å². The fourth-order valence-electron chi connectivity index (χ4n) is 1.69. The van der Waals surface area contributed by atoms with Crippen LogP contribution in [0, 0.1) is 0 Å². The summed E-state index contributed by atoms with van der Waals surface area (Å²) < 4.78 is 5.15. The zero-order valence-corrected chi connectivity index (χ0v) is 20.6. The van der Waals surface area contributed by atoms with E-state index in [9.17, 15) is 9.59 Å². The highest BCUT2D eigenvalue weighted by Crippen LogP contribution is 2.19. The van der Waals surface area contributed by atoms with Crippen LogP contribution in [0.3, 0.4) is 0 Å². The molecule has 1 amide bonds. The molecule has 1 saturated heterocycles. The van der Waals surface area contributed by atoms with E-state index in [1.807, 2.05) is 27.7 Å². The van der Waals surface area contributed by atoms with E-state index in [4.69, 9.17) is 40.6 Å². The van der Waals surface area contributed by atoms with Gasteiger partial charge in [-0.1, -0.05) is 27.4 Å². The van der Waals surface area contributed by atoms with Gasteiger partial charge in [0.1, 0.15) is 19.7 Å². The van der Waals surface area contributed by atoms with Crippen molar-refractivity contribution in [3.63, 3.8) is 0 Å².